The number of nitrogens with zero attached hydrogens (tertiary/aromatic N) is 1. The molecule has 2 rings (SSSR count). The summed E-state index contributed by atoms with van der Waals surface area (Å²) in [6.07, 6.45) is 2.13. The molecule has 0 aromatic heterocycles. The number of fused-ring (bicyclic) bond motifs is 1. The maximum atomic E-state index is 12.2. The Kier molecular flexibility index (Phi) is 6.28. The van der Waals surface area contributed by atoms with Crippen LogP contribution in [0.2, 0.25) is 0 Å². The van der Waals surface area contributed by atoms with E-state index in [-0.39, 0.29) is 31.4 Å². The molecule has 1 heterocycles. The van der Waals surface area contributed by atoms with E-state index in [4.69, 9.17) is 15.2 Å². The van der Waals surface area contributed by atoms with Gasteiger partial charge in [-0.25, -0.2) is 0 Å². The van der Waals surface area contributed by atoms with E-state index >= 15 is 0 Å². The molecular formula is C17H25N3O4. The van der Waals surface area contributed by atoms with Gasteiger partial charge in [-0.2, -0.15) is 0 Å². The van der Waals surface area contributed by atoms with Crippen molar-refractivity contribution >= 4 is 23.2 Å². The van der Waals surface area contributed by atoms with Gasteiger partial charge in [0, 0.05) is 38.1 Å². The van der Waals surface area contributed by atoms with E-state index in [9.17, 15) is 9.59 Å². The summed E-state index contributed by atoms with van der Waals surface area (Å²) in [5.41, 5.74) is 6.77. The van der Waals surface area contributed by atoms with Crippen LogP contribution >= 0.6 is 0 Å². The molecule has 3 N–H and O–H groups in total. The monoisotopic (exact) mass is 335 g/mol. The van der Waals surface area contributed by atoms with Crippen molar-refractivity contribution in [2.45, 2.75) is 39.5 Å². The Hall–Kier alpha value is -2.44. The Morgan fingerprint density at radius 3 is 2.38 bits per heavy atom. The lowest BCUT2D eigenvalue weighted by molar-refractivity contribution is -0.132. The van der Waals surface area contributed by atoms with Gasteiger partial charge in [-0.1, -0.05) is 13.8 Å². The van der Waals surface area contributed by atoms with E-state index in [1.807, 2.05) is 18.7 Å². The van der Waals surface area contributed by atoms with Crippen molar-refractivity contribution in [2.75, 3.05) is 30.9 Å². The number of nitrogens with one attached hydrogen (secondary N) is 1. The summed E-state index contributed by atoms with van der Waals surface area (Å²) in [6.45, 7) is 5.66. The SMILES string of the molecule is CCCN(CCC)C(=O)CCC(=O)Nc1cc2c(cc1N)OCO2. The van der Waals surface area contributed by atoms with Crippen LogP contribution in [-0.2, 0) is 9.59 Å². The average Bonchev–Trinajstić information content (AvgIpc) is 2.99. The van der Waals surface area contributed by atoms with Gasteiger partial charge in [-0.05, 0) is 12.8 Å². The molecule has 0 saturated heterocycles. The van der Waals surface area contributed by atoms with Crippen molar-refractivity contribution < 1.29 is 19.1 Å². The Labute approximate surface area is 142 Å². The molecule has 0 unspecified atom stereocenters. The van der Waals surface area contributed by atoms with E-state index < -0.39 is 0 Å². The van der Waals surface area contributed by atoms with Crippen LogP contribution in [0.4, 0.5) is 11.4 Å². The van der Waals surface area contributed by atoms with Crippen LogP contribution in [0.15, 0.2) is 12.1 Å². The molecule has 7 heteroatoms. The molecule has 0 spiro atoms. The van der Waals surface area contributed by atoms with E-state index in [1.165, 1.54) is 0 Å². The van der Waals surface area contributed by atoms with Gasteiger partial charge < -0.3 is 25.4 Å². The number of nitrogen functional groups attached to an aromatic ring is 1. The molecule has 0 fully saturated rings. The Balaban J connectivity index is 1.88. The molecule has 7 nitrogen and oxygen atoms in total. The molecule has 0 radical (unpaired) electrons. The summed E-state index contributed by atoms with van der Waals surface area (Å²) >= 11 is 0. The van der Waals surface area contributed by atoms with Crippen LogP contribution in [0.5, 0.6) is 11.5 Å². The van der Waals surface area contributed by atoms with Gasteiger partial charge in [0.25, 0.3) is 0 Å². The minimum atomic E-state index is -0.248. The lowest BCUT2D eigenvalue weighted by Gasteiger charge is -2.21. The third-order valence-electron chi connectivity index (χ3n) is 3.72. The summed E-state index contributed by atoms with van der Waals surface area (Å²) in [5, 5.41) is 2.73. The van der Waals surface area contributed by atoms with Crippen molar-refractivity contribution in [3.63, 3.8) is 0 Å². The zero-order valence-corrected chi connectivity index (χ0v) is 14.3. The molecule has 1 aliphatic heterocycles. The Bertz CT molecular complexity index is 598. The van der Waals surface area contributed by atoms with E-state index in [1.54, 1.807) is 12.1 Å². The van der Waals surface area contributed by atoms with Gasteiger partial charge in [0.1, 0.15) is 0 Å². The molecule has 132 valence electrons. The van der Waals surface area contributed by atoms with Gasteiger partial charge in [-0.3, -0.25) is 9.59 Å². The Morgan fingerprint density at radius 1 is 1.12 bits per heavy atom. The van der Waals surface area contributed by atoms with E-state index in [2.05, 4.69) is 5.32 Å². The number of carbonyl (C=O) groups is 2. The number of ether oxygens (including phenoxy) is 2. The largest absolute Gasteiger partial charge is 0.454 e. The average molecular weight is 335 g/mol. The third-order valence-corrected chi connectivity index (χ3v) is 3.72. The second-order valence-electron chi connectivity index (χ2n) is 5.72. The minimum Gasteiger partial charge on any atom is -0.454 e. The normalized spacial score (nSPS) is 12.1. The molecule has 0 atom stereocenters. The molecule has 1 aromatic carbocycles. The van der Waals surface area contributed by atoms with Crippen molar-refractivity contribution in [1.29, 1.82) is 0 Å². The molecule has 1 aromatic rings. The predicted molar refractivity (Wildman–Crippen MR) is 92.0 cm³/mol. The van der Waals surface area contributed by atoms with Gasteiger partial charge in [0.05, 0.1) is 11.4 Å². The third kappa shape index (κ3) is 4.53. The summed E-state index contributed by atoms with van der Waals surface area (Å²) in [5.74, 6) is 0.873. The predicted octanol–water partition coefficient (Wildman–Crippen LogP) is 2.36. The molecule has 0 saturated carbocycles. The fraction of sp³-hybridized carbons (Fsp3) is 0.529. The zero-order valence-electron chi connectivity index (χ0n) is 14.3. The number of hydrogen-bond donors (Lipinski definition) is 2. The maximum Gasteiger partial charge on any atom is 0.231 e. The fourth-order valence-corrected chi connectivity index (χ4v) is 2.56. The molecule has 0 aliphatic carbocycles. The molecular weight excluding hydrogens is 310 g/mol. The van der Waals surface area contributed by atoms with Gasteiger partial charge in [-0.15, -0.1) is 0 Å². The van der Waals surface area contributed by atoms with Crippen molar-refractivity contribution in [3.8, 4) is 11.5 Å². The number of amides is 2. The van der Waals surface area contributed by atoms with Crippen molar-refractivity contribution in [2.24, 2.45) is 0 Å². The molecule has 1 aliphatic rings. The second-order valence-corrected chi connectivity index (χ2v) is 5.72. The highest BCUT2D eigenvalue weighted by molar-refractivity contribution is 5.96. The lowest BCUT2D eigenvalue weighted by Crippen LogP contribution is -2.33. The summed E-state index contributed by atoms with van der Waals surface area (Å²) in [4.78, 5) is 26.1. The van der Waals surface area contributed by atoms with Crippen LogP contribution in [-0.4, -0.2) is 36.6 Å². The van der Waals surface area contributed by atoms with Crippen molar-refractivity contribution in [1.82, 2.24) is 4.90 Å². The number of rotatable bonds is 8. The van der Waals surface area contributed by atoms with Crippen LogP contribution in [0, 0.1) is 0 Å². The van der Waals surface area contributed by atoms with E-state index in [0.29, 0.717) is 22.9 Å². The summed E-state index contributed by atoms with van der Waals surface area (Å²) < 4.78 is 10.5. The molecule has 0 bridgehead atoms. The molecule has 24 heavy (non-hydrogen) atoms. The summed E-state index contributed by atoms with van der Waals surface area (Å²) in [7, 11) is 0. The van der Waals surface area contributed by atoms with Gasteiger partial charge in [0.15, 0.2) is 11.5 Å². The first-order chi connectivity index (χ1) is 11.5. The standard InChI is InChI=1S/C17H25N3O4/c1-3-7-20(8-4-2)17(22)6-5-16(21)19-13-10-15-14(9-12(13)18)23-11-24-15/h9-10H,3-8,11,18H2,1-2H3,(H,19,21). The van der Waals surface area contributed by atoms with Crippen LogP contribution < -0.4 is 20.5 Å². The van der Waals surface area contributed by atoms with Gasteiger partial charge in [0.2, 0.25) is 18.6 Å². The first kappa shape index (κ1) is 17.9. The first-order valence-corrected chi connectivity index (χ1v) is 8.31. The number of anilines is 2. The van der Waals surface area contributed by atoms with Gasteiger partial charge >= 0.3 is 0 Å². The quantitative estimate of drug-likeness (QED) is 0.711. The van der Waals surface area contributed by atoms with E-state index in [0.717, 1.165) is 25.9 Å². The number of benzene rings is 1. The lowest BCUT2D eigenvalue weighted by atomic mass is 10.2. The maximum absolute atomic E-state index is 12.2. The second kappa shape index (κ2) is 8.42. The number of carbonyl (C=O) groups excluding carboxylic acids is 2. The molecule has 2 amide bonds. The minimum absolute atomic E-state index is 0.00695. The smallest absolute Gasteiger partial charge is 0.231 e. The first-order valence-electron chi connectivity index (χ1n) is 8.31. The van der Waals surface area contributed by atoms with Crippen LogP contribution in [0.1, 0.15) is 39.5 Å². The highest BCUT2D eigenvalue weighted by atomic mass is 16.7. The highest BCUT2D eigenvalue weighted by Crippen LogP contribution is 2.38. The summed E-state index contributed by atoms with van der Waals surface area (Å²) in [6, 6.07) is 3.26. The highest BCUT2D eigenvalue weighted by Gasteiger charge is 2.18. The topological polar surface area (TPSA) is 93.9 Å². The zero-order chi connectivity index (χ0) is 17.5. The fourth-order valence-electron chi connectivity index (χ4n) is 2.56. The van der Waals surface area contributed by atoms with Crippen LogP contribution in [0.25, 0.3) is 0 Å². The Morgan fingerprint density at radius 2 is 1.75 bits per heavy atom. The van der Waals surface area contributed by atoms with Crippen LogP contribution in [0.3, 0.4) is 0 Å². The van der Waals surface area contributed by atoms with Crippen molar-refractivity contribution in [3.05, 3.63) is 12.1 Å². The number of hydrogen-bond acceptors (Lipinski definition) is 5. The number of nitrogens with two attached hydrogens (primary N) is 1.